The van der Waals surface area contributed by atoms with E-state index in [4.69, 9.17) is 10.5 Å². The fourth-order valence-electron chi connectivity index (χ4n) is 4.27. The van der Waals surface area contributed by atoms with Crippen molar-refractivity contribution in [3.05, 3.63) is 45.6 Å². The van der Waals surface area contributed by atoms with Crippen LogP contribution in [0.2, 0.25) is 13.1 Å². The van der Waals surface area contributed by atoms with E-state index >= 15 is 0 Å². The van der Waals surface area contributed by atoms with Gasteiger partial charge >= 0.3 is 0 Å². The molecule has 1 aliphatic rings. The molecule has 0 unspecified atom stereocenters. The molecule has 3 rings (SSSR count). The van der Waals surface area contributed by atoms with Crippen LogP contribution >= 0.6 is 11.3 Å². The molecule has 31 heavy (non-hydrogen) atoms. The van der Waals surface area contributed by atoms with Gasteiger partial charge in [0, 0.05) is 24.8 Å². The molecule has 2 heterocycles. The summed E-state index contributed by atoms with van der Waals surface area (Å²) >= 11 is 1.34. The molecule has 0 spiro atoms. The number of carbonyl (C=O) groups excluding carboxylic acids is 1. The minimum atomic E-state index is -2.67. The number of carbonyl (C=O) groups is 1. The van der Waals surface area contributed by atoms with Crippen molar-refractivity contribution in [1.82, 2.24) is 4.90 Å². The van der Waals surface area contributed by atoms with Crippen molar-refractivity contribution in [3.63, 3.8) is 0 Å². The second kappa shape index (κ2) is 9.40. The van der Waals surface area contributed by atoms with E-state index in [1.54, 1.807) is 6.07 Å². The molecule has 3 N–H and O–H groups in total. The molecule has 0 aliphatic carbocycles. The number of ether oxygens (including phenoxy) is 1. The Kier molecular flexibility index (Phi) is 7.25. The van der Waals surface area contributed by atoms with E-state index in [9.17, 15) is 14.0 Å². The molecule has 1 fully saturated rings. The Labute approximate surface area is 189 Å². The zero-order chi connectivity index (χ0) is 22.9. The van der Waals surface area contributed by atoms with Gasteiger partial charge in [0.25, 0.3) is 5.91 Å². The minimum Gasteiger partial charge on any atom is -0.481 e. The second-order valence-corrected chi connectivity index (χ2v) is 13.7. The predicted octanol–water partition coefficient (Wildman–Crippen LogP) is 3.87. The van der Waals surface area contributed by atoms with E-state index in [2.05, 4.69) is 0 Å². The van der Waals surface area contributed by atoms with Crippen LogP contribution in [0.25, 0.3) is 0 Å². The molecule has 0 bridgehead atoms. The van der Waals surface area contributed by atoms with Gasteiger partial charge in [-0.25, -0.2) is 4.39 Å². The topological polar surface area (TPSA) is 75.8 Å². The summed E-state index contributed by atoms with van der Waals surface area (Å²) in [7, 11) is -2.67. The Morgan fingerprint density at radius 3 is 2.55 bits per heavy atom. The van der Waals surface area contributed by atoms with Gasteiger partial charge in [0.15, 0.2) is 5.06 Å². The number of rotatable bonds is 6. The molecule has 170 valence electrons. The number of benzene rings is 1. The molecule has 1 aliphatic heterocycles. The standard InChI is InChI=1S/C23H33FN2O3SSi/c1-14(2)29-23-21(31(4,5)28)15(3)20(30-23)22(27)26-10-8-17(9-11-26)18-12-16(13-25)6-7-19(18)24/h6-7,12,14,17,28H,8-11,13,25H2,1-5H3. The molecule has 1 saturated heterocycles. The van der Waals surface area contributed by atoms with Crippen molar-refractivity contribution < 1.29 is 18.7 Å². The minimum absolute atomic E-state index is 0.0322. The van der Waals surface area contributed by atoms with Crippen LogP contribution in [0.3, 0.4) is 0 Å². The zero-order valence-corrected chi connectivity index (χ0v) is 20.8. The summed E-state index contributed by atoms with van der Waals surface area (Å²) in [5.41, 5.74) is 8.16. The van der Waals surface area contributed by atoms with Crippen molar-refractivity contribution in [2.75, 3.05) is 13.1 Å². The summed E-state index contributed by atoms with van der Waals surface area (Å²) < 4.78 is 20.3. The third-order valence-corrected chi connectivity index (χ3v) is 8.96. The van der Waals surface area contributed by atoms with E-state index in [1.807, 2.05) is 44.8 Å². The highest BCUT2D eigenvalue weighted by molar-refractivity contribution is 7.18. The van der Waals surface area contributed by atoms with E-state index in [1.165, 1.54) is 17.4 Å². The van der Waals surface area contributed by atoms with E-state index in [0.717, 1.165) is 16.3 Å². The van der Waals surface area contributed by atoms with Gasteiger partial charge in [0.1, 0.15) is 5.82 Å². The number of piperidine rings is 1. The average molecular weight is 465 g/mol. The molecule has 8 heteroatoms. The number of halogens is 1. The van der Waals surface area contributed by atoms with Crippen LogP contribution in [0.5, 0.6) is 5.06 Å². The van der Waals surface area contributed by atoms with Gasteiger partial charge in [0.05, 0.1) is 11.0 Å². The molecule has 0 atom stereocenters. The summed E-state index contributed by atoms with van der Waals surface area (Å²) in [4.78, 5) is 26.6. The molecule has 1 aromatic heterocycles. The number of nitrogens with zero attached hydrogens (tertiary/aromatic N) is 1. The Morgan fingerprint density at radius 2 is 2.00 bits per heavy atom. The summed E-state index contributed by atoms with van der Waals surface area (Å²) in [6.07, 6.45) is 1.39. The summed E-state index contributed by atoms with van der Waals surface area (Å²) in [6, 6.07) is 5.07. The molecular formula is C23H33FN2O3SSi. The van der Waals surface area contributed by atoms with Gasteiger partial charge in [-0.2, -0.15) is 0 Å². The molecule has 0 saturated carbocycles. The summed E-state index contributed by atoms with van der Waals surface area (Å²) in [6.45, 7) is 11.0. The number of nitrogens with two attached hydrogens (primary N) is 1. The van der Waals surface area contributed by atoms with Gasteiger partial charge in [-0.15, -0.1) is 0 Å². The van der Waals surface area contributed by atoms with Crippen molar-refractivity contribution in [2.24, 2.45) is 5.73 Å². The van der Waals surface area contributed by atoms with Gasteiger partial charge in [-0.05, 0) is 75.4 Å². The van der Waals surface area contributed by atoms with E-state index < -0.39 is 8.32 Å². The highest BCUT2D eigenvalue weighted by Crippen LogP contribution is 2.34. The van der Waals surface area contributed by atoms with Crippen LogP contribution in [0, 0.1) is 12.7 Å². The number of amides is 1. The molecule has 2 aromatic rings. The van der Waals surface area contributed by atoms with Crippen LogP contribution in [-0.4, -0.2) is 43.1 Å². The lowest BCUT2D eigenvalue weighted by atomic mass is 9.88. The van der Waals surface area contributed by atoms with Crippen molar-refractivity contribution in [3.8, 4) is 5.06 Å². The first-order valence-electron chi connectivity index (χ1n) is 10.8. The summed E-state index contributed by atoms with van der Waals surface area (Å²) in [5.74, 6) is -0.152. The van der Waals surface area contributed by atoms with Crippen LogP contribution < -0.4 is 15.7 Å². The number of likely N-dealkylation sites (tertiary alicyclic amines) is 1. The van der Waals surface area contributed by atoms with Crippen molar-refractivity contribution >= 4 is 30.7 Å². The maximum Gasteiger partial charge on any atom is 0.264 e. The highest BCUT2D eigenvalue weighted by atomic mass is 32.1. The van der Waals surface area contributed by atoms with Crippen LogP contribution in [0.4, 0.5) is 4.39 Å². The smallest absolute Gasteiger partial charge is 0.264 e. The average Bonchev–Trinajstić information content (AvgIpc) is 3.03. The van der Waals surface area contributed by atoms with Crippen molar-refractivity contribution in [2.45, 2.75) is 65.3 Å². The van der Waals surface area contributed by atoms with Crippen molar-refractivity contribution in [1.29, 1.82) is 0 Å². The van der Waals surface area contributed by atoms with Gasteiger partial charge in [-0.3, -0.25) is 4.79 Å². The molecule has 1 amide bonds. The Morgan fingerprint density at radius 1 is 1.35 bits per heavy atom. The third kappa shape index (κ3) is 5.19. The predicted molar refractivity (Wildman–Crippen MR) is 126 cm³/mol. The van der Waals surface area contributed by atoms with E-state index in [-0.39, 0.29) is 23.7 Å². The maximum absolute atomic E-state index is 14.4. The van der Waals surface area contributed by atoms with Crippen LogP contribution in [0.1, 0.15) is 59.0 Å². The van der Waals surface area contributed by atoms with Gasteiger partial charge < -0.3 is 20.2 Å². The third-order valence-electron chi connectivity index (χ3n) is 5.78. The second-order valence-electron chi connectivity index (χ2n) is 9.07. The molecule has 0 radical (unpaired) electrons. The maximum atomic E-state index is 14.4. The lowest BCUT2D eigenvalue weighted by molar-refractivity contribution is 0.0716. The molecule has 5 nitrogen and oxygen atoms in total. The van der Waals surface area contributed by atoms with E-state index in [0.29, 0.717) is 48.0 Å². The normalized spacial score (nSPS) is 15.6. The number of hydrogen-bond donors (Lipinski definition) is 2. The quantitative estimate of drug-likeness (QED) is 0.637. The highest BCUT2D eigenvalue weighted by Gasteiger charge is 2.35. The first kappa shape index (κ1) is 23.9. The number of thiophene rings is 1. The SMILES string of the molecule is Cc1c(C(=O)N2CCC(c3cc(CN)ccc3F)CC2)sc(OC(C)C)c1[Si](C)(C)O. The van der Waals surface area contributed by atoms with Gasteiger partial charge in [0.2, 0.25) is 8.32 Å². The first-order chi connectivity index (χ1) is 14.5. The summed E-state index contributed by atoms with van der Waals surface area (Å²) in [5, 5.41) is 1.47. The number of hydrogen-bond acceptors (Lipinski definition) is 5. The van der Waals surface area contributed by atoms with Crippen LogP contribution in [-0.2, 0) is 6.54 Å². The van der Waals surface area contributed by atoms with Gasteiger partial charge in [-0.1, -0.05) is 23.5 Å². The van der Waals surface area contributed by atoms with Crippen LogP contribution in [0.15, 0.2) is 18.2 Å². The fraction of sp³-hybridized carbons (Fsp3) is 0.522. The fourth-order valence-corrected chi connectivity index (χ4v) is 8.01. The Balaban J connectivity index is 1.79. The largest absolute Gasteiger partial charge is 0.481 e. The first-order valence-corrected chi connectivity index (χ1v) is 14.6. The monoisotopic (exact) mass is 464 g/mol. The zero-order valence-electron chi connectivity index (χ0n) is 19.0. The Bertz CT molecular complexity index is 947. The lowest BCUT2D eigenvalue weighted by Gasteiger charge is -2.32. The lowest BCUT2D eigenvalue weighted by Crippen LogP contribution is -2.44. The molecule has 1 aromatic carbocycles. The molecular weight excluding hydrogens is 431 g/mol. The Hall–Kier alpha value is -1.74.